The van der Waals surface area contributed by atoms with E-state index in [0.29, 0.717) is 0 Å². The second-order valence-electron chi connectivity index (χ2n) is 4.87. The summed E-state index contributed by atoms with van der Waals surface area (Å²) >= 11 is 0. The molecule has 1 aromatic carbocycles. The molecule has 0 spiro atoms. The number of carbonyl (C=O) groups is 2. The summed E-state index contributed by atoms with van der Waals surface area (Å²) in [4.78, 5) is 23.0. The van der Waals surface area contributed by atoms with Crippen LogP contribution in [0.5, 0.6) is 5.75 Å². The molecule has 0 aliphatic carbocycles. The van der Waals surface area contributed by atoms with Crippen molar-refractivity contribution in [3.05, 3.63) is 29.6 Å². The summed E-state index contributed by atoms with van der Waals surface area (Å²) in [6.07, 6.45) is -0.301. The SMILES string of the molecule is COCC(C)(CC(=O)O)NC(=O)c1ccc(F)c(OC)c1. The van der Waals surface area contributed by atoms with E-state index in [1.54, 1.807) is 6.92 Å². The molecule has 6 nitrogen and oxygen atoms in total. The summed E-state index contributed by atoms with van der Waals surface area (Å²) in [7, 11) is 2.70. The van der Waals surface area contributed by atoms with Crippen molar-refractivity contribution in [3.8, 4) is 5.75 Å². The van der Waals surface area contributed by atoms with E-state index in [9.17, 15) is 14.0 Å². The van der Waals surface area contributed by atoms with Crippen molar-refractivity contribution in [2.45, 2.75) is 18.9 Å². The van der Waals surface area contributed by atoms with Crippen molar-refractivity contribution in [3.63, 3.8) is 0 Å². The summed E-state index contributed by atoms with van der Waals surface area (Å²) in [5.74, 6) is -2.24. The number of carbonyl (C=O) groups excluding carboxylic acids is 1. The lowest BCUT2D eigenvalue weighted by Crippen LogP contribution is -2.50. The third-order valence-corrected chi connectivity index (χ3v) is 2.83. The lowest BCUT2D eigenvalue weighted by Gasteiger charge is -2.28. The van der Waals surface area contributed by atoms with Gasteiger partial charge in [-0.2, -0.15) is 0 Å². The fourth-order valence-electron chi connectivity index (χ4n) is 1.93. The first kappa shape index (κ1) is 16.9. The molecule has 2 N–H and O–H groups in total. The maximum atomic E-state index is 13.3. The van der Waals surface area contributed by atoms with Gasteiger partial charge in [0.2, 0.25) is 0 Å². The van der Waals surface area contributed by atoms with Crippen LogP contribution >= 0.6 is 0 Å². The summed E-state index contributed by atoms with van der Waals surface area (Å²) in [5, 5.41) is 11.5. The number of hydrogen-bond acceptors (Lipinski definition) is 4. The molecule has 7 heteroatoms. The highest BCUT2D eigenvalue weighted by Crippen LogP contribution is 2.19. The van der Waals surface area contributed by atoms with Crippen molar-refractivity contribution in [2.24, 2.45) is 0 Å². The van der Waals surface area contributed by atoms with Crippen molar-refractivity contribution in [1.82, 2.24) is 5.32 Å². The van der Waals surface area contributed by atoms with E-state index in [4.69, 9.17) is 14.6 Å². The number of benzene rings is 1. The van der Waals surface area contributed by atoms with Gasteiger partial charge in [0, 0.05) is 12.7 Å². The van der Waals surface area contributed by atoms with Gasteiger partial charge in [-0.05, 0) is 25.1 Å². The van der Waals surface area contributed by atoms with Crippen LogP contribution in [-0.4, -0.2) is 43.3 Å². The number of ether oxygens (including phenoxy) is 2. The van der Waals surface area contributed by atoms with E-state index >= 15 is 0 Å². The van der Waals surface area contributed by atoms with E-state index < -0.39 is 23.2 Å². The molecule has 0 saturated carbocycles. The van der Waals surface area contributed by atoms with Gasteiger partial charge >= 0.3 is 5.97 Å². The lowest BCUT2D eigenvalue weighted by atomic mass is 9.98. The van der Waals surface area contributed by atoms with Crippen LogP contribution in [0.3, 0.4) is 0 Å². The highest BCUT2D eigenvalue weighted by atomic mass is 19.1. The zero-order valence-corrected chi connectivity index (χ0v) is 12.1. The monoisotopic (exact) mass is 299 g/mol. The molecular formula is C14H18FNO5. The van der Waals surface area contributed by atoms with Gasteiger partial charge in [0.1, 0.15) is 0 Å². The standard InChI is InChI=1S/C14H18FNO5/c1-14(8-20-2,7-12(17)18)16-13(19)9-4-5-10(15)11(6-9)21-3/h4-6H,7-8H2,1-3H3,(H,16,19)(H,17,18). The second-order valence-corrected chi connectivity index (χ2v) is 4.87. The maximum absolute atomic E-state index is 13.3. The number of rotatable bonds is 7. The predicted octanol–water partition coefficient (Wildman–Crippen LogP) is 1.44. The van der Waals surface area contributed by atoms with Gasteiger partial charge in [-0.15, -0.1) is 0 Å². The number of aliphatic carboxylic acids is 1. The average molecular weight is 299 g/mol. The quantitative estimate of drug-likeness (QED) is 0.796. The molecule has 0 aromatic heterocycles. The van der Waals surface area contributed by atoms with Crippen LogP contribution in [0, 0.1) is 5.82 Å². The van der Waals surface area contributed by atoms with Crippen molar-refractivity contribution < 1.29 is 28.6 Å². The first-order valence-electron chi connectivity index (χ1n) is 6.18. The van der Waals surface area contributed by atoms with Gasteiger partial charge in [-0.25, -0.2) is 4.39 Å². The highest BCUT2D eigenvalue weighted by Gasteiger charge is 2.30. The number of methoxy groups -OCH3 is 2. The van der Waals surface area contributed by atoms with Gasteiger partial charge in [0.15, 0.2) is 11.6 Å². The number of carboxylic acid groups (broad SMARTS) is 1. The molecular weight excluding hydrogens is 281 g/mol. The van der Waals surface area contributed by atoms with Crippen LogP contribution in [0.25, 0.3) is 0 Å². The molecule has 0 aliphatic rings. The molecule has 1 aromatic rings. The third-order valence-electron chi connectivity index (χ3n) is 2.83. The van der Waals surface area contributed by atoms with E-state index in [1.807, 2.05) is 0 Å². The summed E-state index contributed by atoms with van der Waals surface area (Å²) in [6, 6.07) is 3.65. The Balaban J connectivity index is 2.94. The Kier molecular flexibility index (Phi) is 5.66. The Morgan fingerprint density at radius 1 is 1.38 bits per heavy atom. The molecule has 1 unspecified atom stereocenters. The number of nitrogens with one attached hydrogen (secondary N) is 1. The third kappa shape index (κ3) is 4.71. The minimum Gasteiger partial charge on any atom is -0.494 e. The highest BCUT2D eigenvalue weighted by molar-refractivity contribution is 5.95. The average Bonchev–Trinajstić information content (AvgIpc) is 2.37. The first-order chi connectivity index (χ1) is 9.81. The predicted molar refractivity (Wildman–Crippen MR) is 73.0 cm³/mol. The smallest absolute Gasteiger partial charge is 0.305 e. The van der Waals surface area contributed by atoms with Crippen LogP contribution in [0.4, 0.5) is 4.39 Å². The largest absolute Gasteiger partial charge is 0.494 e. The molecule has 1 rings (SSSR count). The Morgan fingerprint density at radius 2 is 2.05 bits per heavy atom. The Labute approximate surface area is 121 Å². The molecule has 0 saturated heterocycles. The van der Waals surface area contributed by atoms with Crippen LogP contribution in [0.1, 0.15) is 23.7 Å². The Morgan fingerprint density at radius 3 is 2.57 bits per heavy atom. The topological polar surface area (TPSA) is 84.9 Å². The van der Waals surface area contributed by atoms with Crippen LogP contribution in [0.2, 0.25) is 0 Å². The summed E-state index contributed by atoms with van der Waals surface area (Å²) < 4.78 is 23.1. The maximum Gasteiger partial charge on any atom is 0.305 e. The zero-order chi connectivity index (χ0) is 16.0. The van der Waals surface area contributed by atoms with Gasteiger partial charge in [0.25, 0.3) is 5.91 Å². The van der Waals surface area contributed by atoms with E-state index in [0.717, 1.165) is 6.07 Å². The minimum absolute atomic E-state index is 0.0311. The fraction of sp³-hybridized carbons (Fsp3) is 0.429. The van der Waals surface area contributed by atoms with Gasteiger partial charge in [-0.1, -0.05) is 0 Å². The van der Waals surface area contributed by atoms with Gasteiger partial charge in [0.05, 0.1) is 25.7 Å². The van der Waals surface area contributed by atoms with Crippen molar-refractivity contribution >= 4 is 11.9 Å². The van der Waals surface area contributed by atoms with Crippen molar-refractivity contribution in [2.75, 3.05) is 20.8 Å². The zero-order valence-electron chi connectivity index (χ0n) is 12.1. The number of amides is 1. The second kappa shape index (κ2) is 7.03. The molecule has 0 bridgehead atoms. The fourth-order valence-corrected chi connectivity index (χ4v) is 1.93. The van der Waals surface area contributed by atoms with E-state index in [-0.39, 0.29) is 24.3 Å². The molecule has 0 fully saturated rings. The lowest BCUT2D eigenvalue weighted by molar-refractivity contribution is -0.139. The summed E-state index contributed by atoms with van der Waals surface area (Å²) in [6.45, 7) is 1.59. The number of hydrogen-bond donors (Lipinski definition) is 2. The molecule has 21 heavy (non-hydrogen) atoms. The molecule has 0 aliphatic heterocycles. The van der Waals surface area contributed by atoms with E-state index in [2.05, 4.69) is 5.32 Å². The first-order valence-corrected chi connectivity index (χ1v) is 6.18. The van der Waals surface area contributed by atoms with Crippen molar-refractivity contribution in [1.29, 1.82) is 0 Å². The number of carboxylic acids is 1. The van der Waals surface area contributed by atoms with Crippen LogP contribution in [0.15, 0.2) is 18.2 Å². The molecule has 116 valence electrons. The Bertz CT molecular complexity index is 534. The summed E-state index contributed by atoms with van der Waals surface area (Å²) in [5.41, 5.74) is -0.903. The van der Waals surface area contributed by atoms with E-state index in [1.165, 1.54) is 26.4 Å². The van der Waals surface area contributed by atoms with Crippen LogP contribution in [-0.2, 0) is 9.53 Å². The Hall–Kier alpha value is -2.15. The normalized spacial score (nSPS) is 13.3. The molecule has 1 atom stereocenters. The number of halogens is 1. The van der Waals surface area contributed by atoms with Gasteiger partial charge in [-0.3, -0.25) is 9.59 Å². The van der Waals surface area contributed by atoms with Gasteiger partial charge < -0.3 is 19.9 Å². The molecule has 1 amide bonds. The molecule has 0 radical (unpaired) electrons. The molecule has 0 heterocycles. The van der Waals surface area contributed by atoms with Crippen LogP contribution < -0.4 is 10.1 Å². The minimum atomic E-state index is -1.07.